The van der Waals surface area contributed by atoms with Crippen LogP contribution in [0.15, 0.2) is 17.5 Å². The Morgan fingerprint density at radius 3 is 2.94 bits per heavy atom. The fraction of sp³-hybridized carbons (Fsp3) is 0.667. The van der Waals surface area contributed by atoms with Gasteiger partial charge in [-0.05, 0) is 32.6 Å². The molecule has 0 bridgehead atoms. The van der Waals surface area contributed by atoms with Gasteiger partial charge in [-0.15, -0.1) is 11.3 Å². The number of hydrogen-bond donors (Lipinski definition) is 1. The Morgan fingerprint density at radius 2 is 2.38 bits per heavy atom. The maximum absolute atomic E-state index is 3.50. The van der Waals surface area contributed by atoms with Crippen molar-refractivity contribution in [3.05, 3.63) is 22.4 Å². The predicted molar refractivity (Wildman–Crippen MR) is 70.0 cm³/mol. The quantitative estimate of drug-likeness (QED) is 0.856. The first-order valence-corrected chi connectivity index (χ1v) is 6.69. The van der Waals surface area contributed by atoms with E-state index in [4.69, 9.17) is 0 Å². The van der Waals surface area contributed by atoms with E-state index in [0.717, 1.165) is 19.6 Å². The van der Waals surface area contributed by atoms with E-state index >= 15 is 0 Å². The van der Waals surface area contributed by atoms with Crippen LogP contribution in [0.5, 0.6) is 0 Å². The lowest BCUT2D eigenvalue weighted by Gasteiger charge is -2.40. The summed E-state index contributed by atoms with van der Waals surface area (Å²) in [5.41, 5.74) is 0. The van der Waals surface area contributed by atoms with Gasteiger partial charge in [0.2, 0.25) is 0 Å². The molecule has 1 N–H and O–H groups in total. The van der Waals surface area contributed by atoms with Gasteiger partial charge in [0.05, 0.1) is 6.04 Å². The largest absolute Gasteiger partial charge is 0.314 e. The molecule has 0 radical (unpaired) electrons. The van der Waals surface area contributed by atoms with Gasteiger partial charge in [-0.3, -0.25) is 4.90 Å². The molecule has 1 aromatic rings. The van der Waals surface area contributed by atoms with E-state index in [2.05, 4.69) is 53.8 Å². The first kappa shape index (κ1) is 12.0. The van der Waals surface area contributed by atoms with Crippen molar-refractivity contribution >= 4 is 11.3 Å². The van der Waals surface area contributed by atoms with Gasteiger partial charge in [-0.25, -0.2) is 0 Å². The van der Waals surface area contributed by atoms with Crippen molar-refractivity contribution in [2.45, 2.75) is 12.1 Å². The molecule has 0 aliphatic carbocycles. The van der Waals surface area contributed by atoms with Crippen molar-refractivity contribution in [1.29, 1.82) is 0 Å². The molecule has 2 atom stereocenters. The maximum Gasteiger partial charge on any atom is 0.0605 e. The number of piperazine rings is 1. The second-order valence-corrected chi connectivity index (χ2v) is 5.66. The molecule has 1 aliphatic rings. The van der Waals surface area contributed by atoms with E-state index < -0.39 is 0 Å². The normalized spacial score (nSPS) is 24.9. The van der Waals surface area contributed by atoms with E-state index in [0.29, 0.717) is 12.1 Å². The van der Waals surface area contributed by atoms with Gasteiger partial charge < -0.3 is 10.2 Å². The van der Waals surface area contributed by atoms with Crippen LogP contribution in [-0.4, -0.2) is 56.6 Å². The third kappa shape index (κ3) is 2.46. The smallest absolute Gasteiger partial charge is 0.0605 e. The third-order valence-electron chi connectivity index (χ3n) is 3.32. The van der Waals surface area contributed by atoms with Crippen LogP contribution in [0.1, 0.15) is 10.9 Å². The molecule has 1 saturated heterocycles. The molecule has 2 rings (SSSR count). The summed E-state index contributed by atoms with van der Waals surface area (Å²) in [7, 11) is 6.58. The first-order chi connectivity index (χ1) is 7.70. The minimum Gasteiger partial charge on any atom is -0.314 e. The Morgan fingerprint density at radius 1 is 1.56 bits per heavy atom. The van der Waals surface area contributed by atoms with E-state index in [1.165, 1.54) is 4.88 Å². The molecule has 0 spiro atoms. The lowest BCUT2D eigenvalue weighted by atomic mass is 10.0. The number of thiophene rings is 1. The Hall–Kier alpha value is -0.420. The van der Waals surface area contributed by atoms with E-state index in [-0.39, 0.29) is 0 Å². The van der Waals surface area contributed by atoms with Crippen LogP contribution in [0, 0.1) is 0 Å². The van der Waals surface area contributed by atoms with Crippen molar-refractivity contribution in [2.75, 3.05) is 40.8 Å². The number of nitrogens with zero attached hydrogens (tertiary/aromatic N) is 2. The SMILES string of the molecule is CN(C)C(c1cccs1)C1CNCCN1C. The lowest BCUT2D eigenvalue weighted by molar-refractivity contribution is 0.109. The minimum atomic E-state index is 0.498. The second-order valence-electron chi connectivity index (χ2n) is 4.68. The highest BCUT2D eigenvalue weighted by Crippen LogP contribution is 2.29. The highest BCUT2D eigenvalue weighted by atomic mass is 32.1. The minimum absolute atomic E-state index is 0.498. The molecule has 0 amide bonds. The summed E-state index contributed by atoms with van der Waals surface area (Å²) in [4.78, 5) is 6.27. The fourth-order valence-electron chi connectivity index (χ4n) is 2.43. The summed E-state index contributed by atoms with van der Waals surface area (Å²) < 4.78 is 0. The average Bonchev–Trinajstić information content (AvgIpc) is 2.74. The van der Waals surface area contributed by atoms with E-state index in [9.17, 15) is 0 Å². The zero-order valence-corrected chi connectivity index (χ0v) is 11.1. The van der Waals surface area contributed by atoms with Gasteiger partial charge in [-0.2, -0.15) is 0 Å². The topological polar surface area (TPSA) is 18.5 Å². The molecule has 16 heavy (non-hydrogen) atoms. The van der Waals surface area contributed by atoms with Gasteiger partial charge in [0.15, 0.2) is 0 Å². The van der Waals surface area contributed by atoms with Crippen molar-refractivity contribution < 1.29 is 0 Å². The van der Waals surface area contributed by atoms with Crippen molar-refractivity contribution in [3.63, 3.8) is 0 Å². The summed E-state index contributed by atoms with van der Waals surface area (Å²) in [5.74, 6) is 0. The monoisotopic (exact) mass is 239 g/mol. The van der Waals surface area contributed by atoms with Crippen LogP contribution in [0.4, 0.5) is 0 Å². The summed E-state index contributed by atoms with van der Waals surface area (Å²) >= 11 is 1.86. The molecular weight excluding hydrogens is 218 g/mol. The van der Waals surface area contributed by atoms with Gasteiger partial charge in [0.1, 0.15) is 0 Å². The highest BCUT2D eigenvalue weighted by molar-refractivity contribution is 7.10. The molecule has 4 heteroatoms. The van der Waals surface area contributed by atoms with Crippen LogP contribution in [0.2, 0.25) is 0 Å². The molecule has 3 nitrogen and oxygen atoms in total. The highest BCUT2D eigenvalue weighted by Gasteiger charge is 2.30. The first-order valence-electron chi connectivity index (χ1n) is 5.81. The summed E-state index contributed by atoms with van der Waals surface area (Å²) in [6.45, 7) is 3.33. The molecule has 0 saturated carbocycles. The fourth-order valence-corrected chi connectivity index (χ4v) is 3.41. The Kier molecular flexibility index (Phi) is 3.97. The summed E-state index contributed by atoms with van der Waals surface area (Å²) in [6.07, 6.45) is 0. The molecule has 0 aromatic carbocycles. The molecule has 2 heterocycles. The molecule has 1 fully saturated rings. The zero-order chi connectivity index (χ0) is 11.5. The average molecular weight is 239 g/mol. The van der Waals surface area contributed by atoms with Gasteiger partial charge in [-0.1, -0.05) is 6.07 Å². The Balaban J connectivity index is 2.18. The van der Waals surface area contributed by atoms with Crippen molar-refractivity contribution in [3.8, 4) is 0 Å². The standard InChI is InChI=1S/C12H21N3S/c1-14(2)12(11-5-4-8-16-11)10-9-13-6-7-15(10)3/h4-5,8,10,12-13H,6-7,9H2,1-3H3. The van der Waals surface area contributed by atoms with Crippen LogP contribution in [-0.2, 0) is 0 Å². The Labute approximate surface area is 102 Å². The predicted octanol–water partition coefficient (Wildman–Crippen LogP) is 1.25. The van der Waals surface area contributed by atoms with Crippen molar-refractivity contribution in [2.24, 2.45) is 0 Å². The van der Waals surface area contributed by atoms with Gasteiger partial charge in [0.25, 0.3) is 0 Å². The summed E-state index contributed by atoms with van der Waals surface area (Å²) in [5, 5.41) is 5.67. The summed E-state index contributed by atoms with van der Waals surface area (Å²) in [6, 6.07) is 5.46. The maximum atomic E-state index is 3.50. The molecule has 1 aliphatic heterocycles. The molecular formula is C12H21N3S. The van der Waals surface area contributed by atoms with Crippen molar-refractivity contribution in [1.82, 2.24) is 15.1 Å². The number of nitrogens with one attached hydrogen (secondary N) is 1. The van der Waals surface area contributed by atoms with E-state index in [1.54, 1.807) is 0 Å². The zero-order valence-electron chi connectivity index (χ0n) is 10.3. The van der Waals surface area contributed by atoms with Crippen LogP contribution >= 0.6 is 11.3 Å². The number of hydrogen-bond acceptors (Lipinski definition) is 4. The second kappa shape index (κ2) is 5.27. The lowest BCUT2D eigenvalue weighted by Crippen LogP contribution is -2.54. The third-order valence-corrected chi connectivity index (χ3v) is 4.26. The Bertz CT molecular complexity index is 310. The molecule has 1 aromatic heterocycles. The van der Waals surface area contributed by atoms with Gasteiger partial charge in [0, 0.05) is 30.6 Å². The van der Waals surface area contributed by atoms with Crippen LogP contribution in [0.25, 0.3) is 0 Å². The van der Waals surface area contributed by atoms with E-state index in [1.807, 2.05) is 11.3 Å². The molecule has 90 valence electrons. The van der Waals surface area contributed by atoms with Crippen LogP contribution < -0.4 is 5.32 Å². The number of rotatable bonds is 3. The molecule has 2 unspecified atom stereocenters. The number of likely N-dealkylation sites (N-methyl/N-ethyl adjacent to an activating group) is 2. The van der Waals surface area contributed by atoms with Gasteiger partial charge >= 0.3 is 0 Å². The van der Waals surface area contributed by atoms with Crippen LogP contribution in [0.3, 0.4) is 0 Å².